The summed E-state index contributed by atoms with van der Waals surface area (Å²) >= 11 is 1.59. The van der Waals surface area contributed by atoms with Crippen molar-refractivity contribution in [1.29, 1.82) is 0 Å². The predicted molar refractivity (Wildman–Crippen MR) is 84.6 cm³/mol. The van der Waals surface area contributed by atoms with E-state index in [1.807, 2.05) is 35.7 Å². The average Bonchev–Trinajstić information content (AvgIpc) is 3.04. The molecular formula is C16H18N2O3S. The molecule has 1 unspecified atom stereocenters. The Labute approximate surface area is 133 Å². The number of nitrogens with zero attached hydrogens (tertiary/aromatic N) is 2. The maximum absolute atomic E-state index is 12.3. The second kappa shape index (κ2) is 7.00. The van der Waals surface area contributed by atoms with Crippen LogP contribution >= 0.6 is 11.3 Å². The van der Waals surface area contributed by atoms with Gasteiger partial charge in [-0.05, 0) is 0 Å². The fourth-order valence-corrected chi connectivity index (χ4v) is 3.11. The standard InChI is InChI=1S/C16H18N2O3S/c1-18(16(19)14-10-20-7-8-21-14)9-13-11-22-15(17-13)12-5-3-2-4-6-12/h2-6,11,14H,7-10H2,1H3. The van der Waals surface area contributed by atoms with Gasteiger partial charge in [-0.3, -0.25) is 4.79 Å². The molecule has 0 radical (unpaired) electrons. The number of hydrogen-bond donors (Lipinski definition) is 0. The minimum atomic E-state index is -0.494. The molecule has 1 fully saturated rings. The van der Waals surface area contributed by atoms with E-state index in [1.165, 1.54) is 0 Å². The molecule has 1 aromatic carbocycles. The summed E-state index contributed by atoms with van der Waals surface area (Å²) in [5.41, 5.74) is 1.98. The summed E-state index contributed by atoms with van der Waals surface area (Å²) in [5, 5.41) is 2.96. The molecule has 1 amide bonds. The molecular weight excluding hydrogens is 300 g/mol. The summed E-state index contributed by atoms with van der Waals surface area (Å²) in [6.07, 6.45) is -0.494. The lowest BCUT2D eigenvalue weighted by Crippen LogP contribution is -2.43. The van der Waals surface area contributed by atoms with Crippen LogP contribution in [0.1, 0.15) is 5.69 Å². The highest BCUT2D eigenvalue weighted by molar-refractivity contribution is 7.13. The van der Waals surface area contributed by atoms with E-state index in [4.69, 9.17) is 9.47 Å². The molecule has 6 heteroatoms. The van der Waals surface area contributed by atoms with Crippen molar-refractivity contribution in [2.75, 3.05) is 26.9 Å². The summed E-state index contributed by atoms with van der Waals surface area (Å²) in [6.45, 7) is 1.83. The predicted octanol–water partition coefficient (Wildman–Crippen LogP) is 2.18. The zero-order chi connectivity index (χ0) is 15.4. The number of aromatic nitrogens is 1. The highest BCUT2D eigenvalue weighted by Gasteiger charge is 2.26. The van der Waals surface area contributed by atoms with Crippen molar-refractivity contribution < 1.29 is 14.3 Å². The molecule has 1 saturated heterocycles. The van der Waals surface area contributed by atoms with Gasteiger partial charge in [-0.2, -0.15) is 0 Å². The van der Waals surface area contributed by atoms with Crippen LogP contribution in [0.4, 0.5) is 0 Å². The summed E-state index contributed by atoms with van der Waals surface area (Å²) in [5.74, 6) is -0.0611. The van der Waals surface area contributed by atoms with Crippen molar-refractivity contribution >= 4 is 17.2 Å². The lowest BCUT2D eigenvalue weighted by atomic mass is 10.2. The van der Waals surface area contributed by atoms with Crippen molar-refractivity contribution in [3.05, 3.63) is 41.4 Å². The third kappa shape index (κ3) is 3.52. The second-order valence-electron chi connectivity index (χ2n) is 5.14. The van der Waals surface area contributed by atoms with Crippen LogP contribution in [0.15, 0.2) is 35.7 Å². The van der Waals surface area contributed by atoms with Gasteiger partial charge in [0.2, 0.25) is 0 Å². The summed E-state index contributed by atoms with van der Waals surface area (Å²) < 4.78 is 10.7. The molecule has 22 heavy (non-hydrogen) atoms. The van der Waals surface area contributed by atoms with Gasteiger partial charge in [0.25, 0.3) is 5.91 Å². The number of hydrogen-bond acceptors (Lipinski definition) is 5. The zero-order valence-electron chi connectivity index (χ0n) is 12.4. The van der Waals surface area contributed by atoms with Gasteiger partial charge in [0.05, 0.1) is 32.1 Å². The van der Waals surface area contributed by atoms with Gasteiger partial charge in [0.1, 0.15) is 5.01 Å². The normalized spacial score (nSPS) is 18.1. The van der Waals surface area contributed by atoms with E-state index in [-0.39, 0.29) is 5.91 Å². The quantitative estimate of drug-likeness (QED) is 0.867. The molecule has 3 rings (SSSR count). The van der Waals surface area contributed by atoms with E-state index in [0.717, 1.165) is 16.3 Å². The number of amides is 1. The Kier molecular flexibility index (Phi) is 4.82. The second-order valence-corrected chi connectivity index (χ2v) is 6.00. The molecule has 2 heterocycles. The molecule has 1 aromatic heterocycles. The Morgan fingerprint density at radius 1 is 1.36 bits per heavy atom. The third-order valence-electron chi connectivity index (χ3n) is 3.44. The van der Waals surface area contributed by atoms with E-state index < -0.39 is 6.10 Å². The van der Waals surface area contributed by atoms with E-state index in [0.29, 0.717) is 26.4 Å². The SMILES string of the molecule is CN(Cc1csc(-c2ccccc2)n1)C(=O)C1COCCO1. The number of ether oxygens (including phenoxy) is 2. The number of carbonyl (C=O) groups is 1. The van der Waals surface area contributed by atoms with Gasteiger partial charge in [0, 0.05) is 18.0 Å². The minimum Gasteiger partial charge on any atom is -0.376 e. The van der Waals surface area contributed by atoms with Crippen molar-refractivity contribution in [3.8, 4) is 10.6 Å². The lowest BCUT2D eigenvalue weighted by Gasteiger charge is -2.26. The molecule has 0 bridgehead atoms. The fraction of sp³-hybridized carbons (Fsp3) is 0.375. The zero-order valence-corrected chi connectivity index (χ0v) is 13.2. The molecule has 0 N–H and O–H groups in total. The van der Waals surface area contributed by atoms with Crippen LogP contribution in [0, 0.1) is 0 Å². The van der Waals surface area contributed by atoms with Crippen molar-refractivity contribution in [3.63, 3.8) is 0 Å². The topological polar surface area (TPSA) is 51.7 Å². The first-order valence-corrected chi connectivity index (χ1v) is 8.06. The van der Waals surface area contributed by atoms with Crippen molar-refractivity contribution in [1.82, 2.24) is 9.88 Å². The molecule has 5 nitrogen and oxygen atoms in total. The lowest BCUT2D eigenvalue weighted by molar-refractivity contribution is -0.157. The highest BCUT2D eigenvalue weighted by Crippen LogP contribution is 2.23. The number of benzene rings is 1. The van der Waals surface area contributed by atoms with Crippen LogP contribution in [0.2, 0.25) is 0 Å². The van der Waals surface area contributed by atoms with Gasteiger partial charge < -0.3 is 14.4 Å². The number of likely N-dealkylation sites (N-methyl/N-ethyl adjacent to an activating group) is 1. The molecule has 0 aliphatic carbocycles. The Bertz CT molecular complexity index is 623. The highest BCUT2D eigenvalue weighted by atomic mass is 32.1. The minimum absolute atomic E-state index is 0.0611. The average molecular weight is 318 g/mol. The Morgan fingerprint density at radius 2 is 2.18 bits per heavy atom. The Balaban J connectivity index is 1.63. The fourth-order valence-electron chi connectivity index (χ4n) is 2.29. The Morgan fingerprint density at radius 3 is 2.91 bits per heavy atom. The van der Waals surface area contributed by atoms with E-state index >= 15 is 0 Å². The molecule has 1 aliphatic rings. The van der Waals surface area contributed by atoms with Crippen molar-refractivity contribution in [2.24, 2.45) is 0 Å². The largest absolute Gasteiger partial charge is 0.376 e. The van der Waals surface area contributed by atoms with Gasteiger partial charge in [-0.1, -0.05) is 30.3 Å². The molecule has 116 valence electrons. The first-order chi connectivity index (χ1) is 10.7. The summed E-state index contributed by atoms with van der Waals surface area (Å²) in [7, 11) is 1.77. The van der Waals surface area contributed by atoms with Crippen LogP contribution in [0.25, 0.3) is 10.6 Å². The maximum atomic E-state index is 12.3. The van der Waals surface area contributed by atoms with E-state index in [1.54, 1.807) is 23.3 Å². The van der Waals surface area contributed by atoms with Crippen LogP contribution in [-0.4, -0.2) is 48.8 Å². The molecule has 2 aromatic rings. The molecule has 1 aliphatic heterocycles. The van der Waals surface area contributed by atoms with Crippen LogP contribution in [-0.2, 0) is 20.8 Å². The van der Waals surface area contributed by atoms with Gasteiger partial charge >= 0.3 is 0 Å². The van der Waals surface area contributed by atoms with Crippen molar-refractivity contribution in [2.45, 2.75) is 12.6 Å². The number of thiazole rings is 1. The first kappa shape index (κ1) is 15.1. The van der Waals surface area contributed by atoms with E-state index in [9.17, 15) is 4.79 Å². The van der Waals surface area contributed by atoms with E-state index in [2.05, 4.69) is 4.98 Å². The number of rotatable bonds is 4. The van der Waals surface area contributed by atoms with Gasteiger partial charge in [0.15, 0.2) is 6.10 Å². The Hall–Kier alpha value is -1.76. The van der Waals surface area contributed by atoms with Crippen LogP contribution in [0.3, 0.4) is 0 Å². The summed E-state index contributed by atoms with van der Waals surface area (Å²) in [4.78, 5) is 18.5. The van der Waals surface area contributed by atoms with Gasteiger partial charge in [-0.15, -0.1) is 11.3 Å². The van der Waals surface area contributed by atoms with Crippen LogP contribution in [0.5, 0.6) is 0 Å². The summed E-state index contributed by atoms with van der Waals surface area (Å²) in [6, 6.07) is 10.0. The smallest absolute Gasteiger partial charge is 0.254 e. The van der Waals surface area contributed by atoms with Gasteiger partial charge in [-0.25, -0.2) is 4.98 Å². The molecule has 1 atom stereocenters. The molecule has 0 spiro atoms. The van der Waals surface area contributed by atoms with Crippen LogP contribution < -0.4 is 0 Å². The maximum Gasteiger partial charge on any atom is 0.254 e. The molecule has 0 saturated carbocycles. The number of carbonyl (C=O) groups excluding carboxylic acids is 1. The first-order valence-electron chi connectivity index (χ1n) is 7.18. The third-order valence-corrected chi connectivity index (χ3v) is 4.38. The monoisotopic (exact) mass is 318 g/mol.